The molecule has 4 aromatic rings. The van der Waals surface area contributed by atoms with Crippen molar-refractivity contribution in [2.75, 3.05) is 31.6 Å². The third kappa shape index (κ3) is 6.37. The number of halogens is 2. The number of amides is 2. The molecule has 0 atom stereocenters. The summed E-state index contributed by atoms with van der Waals surface area (Å²) in [6.07, 6.45) is 0. The summed E-state index contributed by atoms with van der Waals surface area (Å²) in [6, 6.07) is 24.3. The first-order valence-corrected chi connectivity index (χ1v) is 13.2. The summed E-state index contributed by atoms with van der Waals surface area (Å²) in [5.41, 5.74) is 4.57. The second kappa shape index (κ2) is 12.6. The zero-order valence-electron chi connectivity index (χ0n) is 22.5. The lowest BCUT2D eigenvalue weighted by Crippen LogP contribution is -2.37. The molecule has 41 heavy (non-hydrogen) atoms. The van der Waals surface area contributed by atoms with E-state index in [-0.39, 0.29) is 36.5 Å². The predicted molar refractivity (Wildman–Crippen MR) is 156 cm³/mol. The molecule has 5 rings (SSSR count). The molecule has 0 radical (unpaired) electrons. The molecule has 1 aliphatic rings. The number of aliphatic imine (C=N–C) groups is 1. The smallest absolute Gasteiger partial charge is 0.251 e. The highest BCUT2D eigenvalue weighted by Crippen LogP contribution is 2.41. The molecule has 0 saturated heterocycles. The first-order valence-electron chi connectivity index (χ1n) is 13.2. The maximum absolute atomic E-state index is 13.8. The number of carbonyl (C=O) groups is 2. The van der Waals surface area contributed by atoms with E-state index < -0.39 is 0 Å². The van der Waals surface area contributed by atoms with Gasteiger partial charge in [-0.1, -0.05) is 30.3 Å². The second-order valence-electron chi connectivity index (χ2n) is 9.51. The molecular formula is C32H29F2N5O2. The number of hydrogen-bond donors (Lipinski definition) is 3. The zero-order valence-corrected chi connectivity index (χ0v) is 22.5. The van der Waals surface area contributed by atoms with Crippen LogP contribution in [0.25, 0.3) is 0 Å². The first-order chi connectivity index (χ1) is 19.9. The molecule has 208 valence electrons. The van der Waals surface area contributed by atoms with Crippen LogP contribution in [0.5, 0.6) is 0 Å². The summed E-state index contributed by atoms with van der Waals surface area (Å²) in [7, 11) is 1.84. The van der Waals surface area contributed by atoms with Gasteiger partial charge in [-0.15, -0.1) is 0 Å². The van der Waals surface area contributed by atoms with Crippen LogP contribution in [0.3, 0.4) is 0 Å². The molecule has 0 saturated carbocycles. The van der Waals surface area contributed by atoms with Crippen molar-refractivity contribution in [3.05, 3.63) is 125 Å². The number of anilines is 2. The average Bonchev–Trinajstić information content (AvgIpc) is 3.13. The molecule has 0 bridgehead atoms. The maximum Gasteiger partial charge on any atom is 0.251 e. The van der Waals surface area contributed by atoms with Crippen LogP contribution in [0.15, 0.2) is 96.0 Å². The van der Waals surface area contributed by atoms with E-state index in [0.29, 0.717) is 52.6 Å². The second-order valence-corrected chi connectivity index (χ2v) is 9.51. The van der Waals surface area contributed by atoms with Gasteiger partial charge < -0.3 is 16.0 Å². The van der Waals surface area contributed by atoms with Gasteiger partial charge in [0.05, 0.1) is 29.3 Å². The Morgan fingerprint density at radius 2 is 1.54 bits per heavy atom. The van der Waals surface area contributed by atoms with Crippen molar-refractivity contribution in [2.45, 2.75) is 6.54 Å². The molecule has 0 spiro atoms. The number of nitrogens with zero attached hydrogens (tertiary/aromatic N) is 2. The molecule has 1 heterocycles. The van der Waals surface area contributed by atoms with Crippen molar-refractivity contribution in [1.29, 1.82) is 0 Å². The van der Waals surface area contributed by atoms with Gasteiger partial charge in [-0.2, -0.15) is 0 Å². The number of hydrogen-bond acceptors (Lipinski definition) is 5. The molecule has 3 N–H and O–H groups in total. The minimum absolute atomic E-state index is 0.0846. The zero-order chi connectivity index (χ0) is 28.8. The number of nitrogens with one attached hydrogen (secondary N) is 3. The van der Waals surface area contributed by atoms with E-state index >= 15 is 0 Å². The fourth-order valence-corrected chi connectivity index (χ4v) is 4.59. The fourth-order valence-electron chi connectivity index (χ4n) is 4.59. The number of benzene rings is 4. The first kappa shape index (κ1) is 27.8. The molecule has 4 aromatic carbocycles. The predicted octanol–water partition coefficient (Wildman–Crippen LogP) is 4.85. The molecule has 0 unspecified atom stereocenters. The summed E-state index contributed by atoms with van der Waals surface area (Å²) >= 11 is 0. The molecule has 0 aromatic heterocycles. The Kier molecular flexibility index (Phi) is 8.57. The highest BCUT2D eigenvalue weighted by molar-refractivity contribution is 6.21. The van der Waals surface area contributed by atoms with Crippen molar-refractivity contribution >= 4 is 34.6 Å². The lowest BCUT2D eigenvalue weighted by molar-refractivity contribution is -0.117. The van der Waals surface area contributed by atoms with Crippen LogP contribution in [0.1, 0.15) is 27.0 Å². The quantitative estimate of drug-likeness (QED) is 0.259. The van der Waals surface area contributed by atoms with Gasteiger partial charge >= 0.3 is 0 Å². The van der Waals surface area contributed by atoms with E-state index in [0.717, 1.165) is 5.56 Å². The maximum atomic E-state index is 13.8. The number of carbonyl (C=O) groups excluding carboxylic acids is 2. The monoisotopic (exact) mass is 553 g/mol. The molecular weight excluding hydrogens is 524 g/mol. The Morgan fingerprint density at radius 3 is 2.27 bits per heavy atom. The summed E-state index contributed by atoms with van der Waals surface area (Å²) in [5, 5.41) is 9.05. The van der Waals surface area contributed by atoms with Crippen LogP contribution in [0, 0.1) is 11.6 Å². The number of rotatable bonds is 9. The molecule has 9 heteroatoms. The van der Waals surface area contributed by atoms with Crippen molar-refractivity contribution in [3.63, 3.8) is 0 Å². The normalized spacial score (nSPS) is 12.2. The Morgan fingerprint density at radius 1 is 0.829 bits per heavy atom. The third-order valence-corrected chi connectivity index (χ3v) is 6.67. The van der Waals surface area contributed by atoms with E-state index in [9.17, 15) is 18.4 Å². The van der Waals surface area contributed by atoms with Crippen LogP contribution in [-0.4, -0.2) is 44.2 Å². The van der Waals surface area contributed by atoms with Crippen molar-refractivity contribution in [3.8, 4) is 0 Å². The van der Waals surface area contributed by atoms with Crippen LogP contribution in [-0.2, 0) is 11.3 Å². The van der Waals surface area contributed by atoms with Gasteiger partial charge in [-0.25, -0.2) is 13.8 Å². The lowest BCUT2D eigenvalue weighted by atomic mass is 10.00. The molecule has 0 fully saturated rings. The van der Waals surface area contributed by atoms with E-state index in [4.69, 9.17) is 4.99 Å². The molecule has 7 nitrogen and oxygen atoms in total. The largest absolute Gasteiger partial charge is 0.348 e. The summed E-state index contributed by atoms with van der Waals surface area (Å²) < 4.78 is 27.1. The van der Waals surface area contributed by atoms with Gasteiger partial charge in [0, 0.05) is 36.3 Å². The van der Waals surface area contributed by atoms with Gasteiger partial charge in [0.1, 0.15) is 11.6 Å². The van der Waals surface area contributed by atoms with Crippen LogP contribution >= 0.6 is 0 Å². The fraction of sp³-hybridized carbons (Fsp3) is 0.156. The summed E-state index contributed by atoms with van der Waals surface area (Å²) in [6.45, 7) is 1.61. The van der Waals surface area contributed by atoms with Crippen LogP contribution < -0.4 is 20.9 Å². The number of likely N-dealkylation sites (N-methyl/N-ethyl adjacent to an activating group) is 1. The Hall–Kier alpha value is -4.73. The van der Waals surface area contributed by atoms with E-state index in [1.165, 1.54) is 24.3 Å². The van der Waals surface area contributed by atoms with Gasteiger partial charge in [-0.05, 0) is 73.3 Å². The third-order valence-electron chi connectivity index (χ3n) is 6.67. The summed E-state index contributed by atoms with van der Waals surface area (Å²) in [5.74, 6) is -1.26. The topological polar surface area (TPSA) is 85.8 Å². The average molecular weight is 554 g/mol. The Bertz CT molecular complexity index is 1590. The van der Waals surface area contributed by atoms with Crippen molar-refractivity contribution < 1.29 is 18.4 Å². The van der Waals surface area contributed by atoms with Gasteiger partial charge in [-0.3, -0.25) is 14.5 Å². The van der Waals surface area contributed by atoms with Gasteiger partial charge in [0.15, 0.2) is 0 Å². The SMILES string of the molecule is CNCCNCC(=O)N1c2ccc(C(=O)NCc3ccc(F)cc3)cc2N=C(c2ccc(F)cc2)c2ccccc21. The Balaban J connectivity index is 1.55. The molecule has 0 aliphatic carbocycles. The molecule has 1 aliphatic heterocycles. The van der Waals surface area contributed by atoms with Crippen LogP contribution in [0.4, 0.5) is 25.8 Å². The standard InChI is InChI=1S/C32H29F2N5O2/c1-35-16-17-36-20-30(40)39-28-5-3-2-4-26(28)31(22-8-13-25(34)14-9-22)38-27-18-23(10-15-29(27)39)32(41)37-19-21-6-11-24(33)12-7-21/h2-15,18,35-36H,16-17,19-20H2,1H3,(H,37,41). The lowest BCUT2D eigenvalue weighted by Gasteiger charge is -2.25. The van der Waals surface area contributed by atoms with Crippen LogP contribution in [0.2, 0.25) is 0 Å². The van der Waals surface area contributed by atoms with E-state index in [2.05, 4.69) is 16.0 Å². The summed E-state index contributed by atoms with van der Waals surface area (Å²) in [4.78, 5) is 33.3. The minimum atomic E-state index is -0.374. The van der Waals surface area contributed by atoms with Gasteiger partial charge in [0.2, 0.25) is 5.91 Å². The number of para-hydroxylation sites is 1. The number of fused-ring (bicyclic) bond motifs is 2. The van der Waals surface area contributed by atoms with Gasteiger partial charge in [0.25, 0.3) is 5.91 Å². The Labute approximate surface area is 236 Å². The van der Waals surface area contributed by atoms with Crippen molar-refractivity contribution in [1.82, 2.24) is 16.0 Å². The minimum Gasteiger partial charge on any atom is -0.348 e. The van der Waals surface area contributed by atoms with E-state index in [1.54, 1.807) is 47.4 Å². The van der Waals surface area contributed by atoms with Crippen molar-refractivity contribution in [2.24, 2.45) is 4.99 Å². The van der Waals surface area contributed by atoms with E-state index in [1.807, 2.05) is 31.3 Å². The highest BCUT2D eigenvalue weighted by atomic mass is 19.1. The molecule has 2 amide bonds. The highest BCUT2D eigenvalue weighted by Gasteiger charge is 2.28.